The fourth-order valence-electron chi connectivity index (χ4n) is 1.61. The lowest BCUT2D eigenvalue weighted by Crippen LogP contribution is -2.10. The zero-order valence-electron chi connectivity index (χ0n) is 9.99. The van der Waals surface area contributed by atoms with Crippen LogP contribution in [0.1, 0.15) is 37.3 Å². The van der Waals surface area contributed by atoms with Crippen molar-refractivity contribution in [3.05, 3.63) is 34.9 Å². The van der Waals surface area contributed by atoms with E-state index in [1.54, 1.807) is 0 Å². The molecule has 0 fully saturated rings. The molecule has 0 aliphatic carbocycles. The van der Waals surface area contributed by atoms with Crippen molar-refractivity contribution in [2.24, 2.45) is 5.73 Å². The number of methoxy groups -OCH3 is 1. The molecule has 1 aromatic rings. The average Bonchev–Trinajstić information content (AvgIpc) is 2.34. The third kappa shape index (κ3) is 5.20. The Hall–Kier alpha value is -1.06. The van der Waals surface area contributed by atoms with Crippen molar-refractivity contribution in [2.45, 2.75) is 31.7 Å². The molecule has 2 N–H and O–H groups in total. The largest absolute Gasteiger partial charge is 0.469 e. The number of benzene rings is 1. The molecule has 0 aliphatic heterocycles. The molecule has 0 bridgehead atoms. The molecule has 0 heterocycles. The van der Waals surface area contributed by atoms with Gasteiger partial charge >= 0.3 is 5.97 Å². The van der Waals surface area contributed by atoms with Crippen molar-refractivity contribution < 1.29 is 9.53 Å². The zero-order chi connectivity index (χ0) is 12.7. The van der Waals surface area contributed by atoms with Gasteiger partial charge in [0.25, 0.3) is 0 Å². The normalized spacial score (nSPS) is 12.2. The first kappa shape index (κ1) is 14.0. The minimum atomic E-state index is -0.162. The first-order chi connectivity index (χ1) is 8.13. The van der Waals surface area contributed by atoms with Crippen LogP contribution < -0.4 is 5.73 Å². The van der Waals surface area contributed by atoms with E-state index in [0.717, 1.165) is 24.8 Å². The van der Waals surface area contributed by atoms with Crippen LogP contribution in [-0.4, -0.2) is 13.1 Å². The summed E-state index contributed by atoms with van der Waals surface area (Å²) < 4.78 is 4.57. The number of carbonyl (C=O) groups excluding carboxylic acids is 1. The second-order valence-corrected chi connectivity index (χ2v) is 4.42. The number of halogens is 1. The van der Waals surface area contributed by atoms with E-state index in [2.05, 4.69) is 4.74 Å². The minimum Gasteiger partial charge on any atom is -0.469 e. The first-order valence-electron chi connectivity index (χ1n) is 5.71. The maximum absolute atomic E-state index is 10.9. The maximum atomic E-state index is 10.9. The van der Waals surface area contributed by atoms with Gasteiger partial charge in [0.05, 0.1) is 7.11 Å². The van der Waals surface area contributed by atoms with Gasteiger partial charge in [-0.2, -0.15) is 0 Å². The standard InChI is InChI=1S/C13H18ClNO2/c1-17-13(16)5-3-2-4-12(15)10-6-8-11(14)9-7-10/h6-9,12H,2-5,15H2,1H3. The number of rotatable bonds is 6. The highest BCUT2D eigenvalue weighted by Gasteiger charge is 2.06. The predicted octanol–water partition coefficient (Wildman–Crippen LogP) is 3.07. The number of unbranched alkanes of at least 4 members (excludes halogenated alkanes) is 1. The Kier molecular flexibility index (Phi) is 6.01. The number of nitrogens with two attached hydrogens (primary N) is 1. The Balaban J connectivity index is 2.27. The molecule has 94 valence electrons. The average molecular weight is 256 g/mol. The number of hydrogen-bond acceptors (Lipinski definition) is 3. The van der Waals surface area contributed by atoms with E-state index in [9.17, 15) is 4.79 Å². The number of carbonyl (C=O) groups is 1. The Morgan fingerprint density at radius 3 is 2.59 bits per heavy atom. The molecule has 0 aliphatic rings. The fourth-order valence-corrected chi connectivity index (χ4v) is 1.74. The molecule has 0 saturated carbocycles. The third-order valence-electron chi connectivity index (χ3n) is 2.67. The molecule has 0 radical (unpaired) electrons. The first-order valence-corrected chi connectivity index (χ1v) is 6.09. The fraction of sp³-hybridized carbons (Fsp3) is 0.462. The van der Waals surface area contributed by atoms with Gasteiger partial charge in [-0.05, 0) is 30.5 Å². The van der Waals surface area contributed by atoms with Gasteiger partial charge in [-0.1, -0.05) is 30.2 Å². The Bertz CT molecular complexity index is 351. The monoisotopic (exact) mass is 255 g/mol. The minimum absolute atomic E-state index is 0.00455. The molecule has 0 amide bonds. The molecule has 0 aromatic heterocycles. The summed E-state index contributed by atoms with van der Waals surface area (Å²) in [5.41, 5.74) is 7.11. The van der Waals surface area contributed by atoms with Gasteiger partial charge in [0.15, 0.2) is 0 Å². The van der Waals surface area contributed by atoms with Gasteiger partial charge in [0.1, 0.15) is 0 Å². The zero-order valence-corrected chi connectivity index (χ0v) is 10.7. The van der Waals surface area contributed by atoms with E-state index in [4.69, 9.17) is 17.3 Å². The summed E-state index contributed by atoms with van der Waals surface area (Å²) >= 11 is 5.80. The highest BCUT2D eigenvalue weighted by molar-refractivity contribution is 6.30. The second kappa shape index (κ2) is 7.30. The molecule has 1 unspecified atom stereocenters. The topological polar surface area (TPSA) is 52.3 Å². The Morgan fingerprint density at radius 1 is 1.35 bits per heavy atom. The molecule has 0 saturated heterocycles. The number of ether oxygens (including phenoxy) is 1. The summed E-state index contributed by atoms with van der Waals surface area (Å²) in [6, 6.07) is 7.56. The van der Waals surface area contributed by atoms with Crippen molar-refractivity contribution in [3.63, 3.8) is 0 Å². The molecule has 4 heteroatoms. The van der Waals surface area contributed by atoms with E-state index in [1.165, 1.54) is 7.11 Å². The van der Waals surface area contributed by atoms with E-state index in [1.807, 2.05) is 24.3 Å². The van der Waals surface area contributed by atoms with Crippen LogP contribution in [0, 0.1) is 0 Å². The Labute approximate surface area is 107 Å². The van der Waals surface area contributed by atoms with Crippen LogP contribution >= 0.6 is 11.6 Å². The quantitative estimate of drug-likeness (QED) is 0.628. The van der Waals surface area contributed by atoms with Crippen molar-refractivity contribution in [1.29, 1.82) is 0 Å². The van der Waals surface area contributed by atoms with Gasteiger partial charge in [-0.25, -0.2) is 0 Å². The molecule has 17 heavy (non-hydrogen) atoms. The lowest BCUT2D eigenvalue weighted by Gasteiger charge is -2.11. The smallest absolute Gasteiger partial charge is 0.305 e. The summed E-state index contributed by atoms with van der Waals surface area (Å²) in [6.45, 7) is 0. The lowest BCUT2D eigenvalue weighted by atomic mass is 10.0. The van der Waals surface area contributed by atoms with Crippen LogP contribution in [0.4, 0.5) is 0 Å². The van der Waals surface area contributed by atoms with Gasteiger partial charge in [-0.3, -0.25) is 4.79 Å². The van der Waals surface area contributed by atoms with E-state index >= 15 is 0 Å². The number of esters is 1. The Morgan fingerprint density at radius 2 is 2.00 bits per heavy atom. The van der Waals surface area contributed by atoms with Gasteiger partial charge < -0.3 is 10.5 Å². The van der Waals surface area contributed by atoms with Crippen LogP contribution in [0.3, 0.4) is 0 Å². The van der Waals surface area contributed by atoms with E-state index < -0.39 is 0 Å². The molecule has 3 nitrogen and oxygen atoms in total. The highest BCUT2D eigenvalue weighted by Crippen LogP contribution is 2.19. The van der Waals surface area contributed by atoms with Gasteiger partial charge in [0, 0.05) is 17.5 Å². The van der Waals surface area contributed by atoms with Crippen molar-refractivity contribution in [2.75, 3.05) is 7.11 Å². The molecular formula is C13H18ClNO2. The van der Waals surface area contributed by atoms with Crippen molar-refractivity contribution in [3.8, 4) is 0 Å². The van der Waals surface area contributed by atoms with Crippen molar-refractivity contribution in [1.82, 2.24) is 0 Å². The summed E-state index contributed by atoms with van der Waals surface area (Å²) in [5.74, 6) is -0.162. The van der Waals surface area contributed by atoms with Gasteiger partial charge in [0.2, 0.25) is 0 Å². The summed E-state index contributed by atoms with van der Waals surface area (Å²) in [5, 5.41) is 0.714. The van der Waals surface area contributed by atoms with Crippen LogP contribution in [0.25, 0.3) is 0 Å². The molecule has 1 rings (SSSR count). The highest BCUT2D eigenvalue weighted by atomic mass is 35.5. The SMILES string of the molecule is COC(=O)CCCCC(N)c1ccc(Cl)cc1. The molecular weight excluding hydrogens is 238 g/mol. The molecule has 1 aromatic carbocycles. The number of hydrogen-bond donors (Lipinski definition) is 1. The summed E-state index contributed by atoms with van der Waals surface area (Å²) in [6.07, 6.45) is 3.05. The van der Waals surface area contributed by atoms with Gasteiger partial charge in [-0.15, -0.1) is 0 Å². The van der Waals surface area contributed by atoms with Crippen LogP contribution in [-0.2, 0) is 9.53 Å². The van der Waals surface area contributed by atoms with Crippen molar-refractivity contribution >= 4 is 17.6 Å². The van der Waals surface area contributed by atoms with E-state index in [0.29, 0.717) is 11.4 Å². The van der Waals surface area contributed by atoms with Crippen LogP contribution in [0.5, 0.6) is 0 Å². The predicted molar refractivity (Wildman–Crippen MR) is 68.9 cm³/mol. The van der Waals surface area contributed by atoms with E-state index in [-0.39, 0.29) is 12.0 Å². The summed E-state index contributed by atoms with van der Waals surface area (Å²) in [4.78, 5) is 10.9. The molecule has 1 atom stereocenters. The lowest BCUT2D eigenvalue weighted by molar-refractivity contribution is -0.140. The van der Waals surface area contributed by atoms with Crippen LogP contribution in [0.2, 0.25) is 5.02 Å². The molecule has 0 spiro atoms. The maximum Gasteiger partial charge on any atom is 0.305 e. The second-order valence-electron chi connectivity index (χ2n) is 3.98. The van der Waals surface area contributed by atoms with Crippen LogP contribution in [0.15, 0.2) is 24.3 Å². The summed E-state index contributed by atoms with van der Waals surface area (Å²) in [7, 11) is 1.40. The third-order valence-corrected chi connectivity index (χ3v) is 2.92.